The largest absolute Gasteiger partial charge is 0.338 e. The molecule has 0 aliphatic heterocycles. The van der Waals surface area contributed by atoms with Crippen LogP contribution in [-0.4, -0.2) is 63.4 Å². The van der Waals surface area contributed by atoms with E-state index >= 15 is 0 Å². The third kappa shape index (κ3) is 12.4. The molecule has 49 heavy (non-hydrogen) atoms. The molecule has 12 heteroatoms. The highest BCUT2D eigenvalue weighted by molar-refractivity contribution is 6.07. The number of anilines is 4. The van der Waals surface area contributed by atoms with Crippen molar-refractivity contribution in [2.45, 2.75) is 19.3 Å². The van der Waals surface area contributed by atoms with Crippen molar-refractivity contribution in [1.29, 1.82) is 0 Å². The maximum absolute atomic E-state index is 13.0. The summed E-state index contributed by atoms with van der Waals surface area (Å²) >= 11 is 0. The molecule has 0 bridgehead atoms. The Bertz CT molecular complexity index is 1380. The van der Waals surface area contributed by atoms with E-state index < -0.39 is 24.1 Å². The second-order valence-corrected chi connectivity index (χ2v) is 10.9. The molecule has 256 valence electrons. The van der Waals surface area contributed by atoms with Gasteiger partial charge >= 0.3 is 24.1 Å². The maximum Gasteiger partial charge on any atom is 0.334 e. The van der Waals surface area contributed by atoms with Gasteiger partial charge in [-0.25, -0.2) is 19.2 Å². The van der Waals surface area contributed by atoms with E-state index in [1.807, 2.05) is 121 Å². The summed E-state index contributed by atoms with van der Waals surface area (Å²) in [5.41, 5.74) is 2.61. The Morgan fingerprint density at radius 3 is 0.939 bits per heavy atom. The van der Waals surface area contributed by atoms with Crippen molar-refractivity contribution in [3.63, 3.8) is 0 Å². The predicted molar refractivity (Wildman–Crippen MR) is 193 cm³/mol. The summed E-state index contributed by atoms with van der Waals surface area (Å²) in [6.07, 6.45) is 2.33. The first-order valence-electron chi connectivity index (χ1n) is 16.4. The van der Waals surface area contributed by atoms with Crippen LogP contribution in [0.25, 0.3) is 0 Å². The molecule has 12 nitrogen and oxygen atoms in total. The molecular weight excluding hydrogens is 620 g/mol. The van der Waals surface area contributed by atoms with Gasteiger partial charge in [-0.1, -0.05) is 72.8 Å². The van der Waals surface area contributed by atoms with Crippen LogP contribution in [-0.2, 0) is 0 Å². The molecule has 0 heterocycles. The minimum absolute atomic E-state index is 0.420. The van der Waals surface area contributed by atoms with Gasteiger partial charge in [0.2, 0.25) is 0 Å². The number of benzene rings is 4. The van der Waals surface area contributed by atoms with Crippen molar-refractivity contribution in [3.8, 4) is 0 Å². The zero-order valence-electron chi connectivity index (χ0n) is 27.4. The Morgan fingerprint density at radius 1 is 0.388 bits per heavy atom. The van der Waals surface area contributed by atoms with Gasteiger partial charge in [-0.15, -0.1) is 0 Å². The number of imide groups is 2. The molecule has 4 rings (SSSR count). The highest BCUT2D eigenvalue weighted by atomic mass is 16.2. The van der Waals surface area contributed by atoms with E-state index in [0.717, 1.165) is 32.6 Å². The molecule has 0 aliphatic rings. The number of nitrogens with one attached hydrogen (secondary N) is 6. The summed E-state index contributed by atoms with van der Waals surface area (Å²) in [6.45, 7) is 3.90. The molecule has 0 radical (unpaired) electrons. The minimum Gasteiger partial charge on any atom is -0.338 e. The molecule has 0 saturated heterocycles. The van der Waals surface area contributed by atoms with Crippen LogP contribution in [0.5, 0.6) is 0 Å². The van der Waals surface area contributed by atoms with Gasteiger partial charge in [-0.3, -0.25) is 20.4 Å². The molecule has 4 aromatic rings. The summed E-state index contributed by atoms with van der Waals surface area (Å²) in [5, 5.41) is 17.0. The van der Waals surface area contributed by atoms with Crippen LogP contribution < -0.4 is 41.7 Å². The van der Waals surface area contributed by atoms with Gasteiger partial charge in [-0.05, 0) is 94.0 Å². The standard InChI is InChI=1S/C37H44N8O4/c46-34(42-36(48)44(30-16-5-1-6-17-30)31-18-7-2-8-19-31)40-28-14-26-38-24-13-25-39-27-15-29-41-35(47)43-37(49)45(32-20-9-3-10-21-32)33-22-11-4-12-23-33/h1-12,16-23,38-39H,13-15,24-29H2,(H2,40,42,46,48)(H2,41,43,47,49). The van der Waals surface area contributed by atoms with Gasteiger partial charge in [0.25, 0.3) is 0 Å². The van der Waals surface area contributed by atoms with Gasteiger partial charge in [0, 0.05) is 13.1 Å². The number of carbonyl (C=O) groups is 4. The fourth-order valence-electron chi connectivity index (χ4n) is 4.89. The van der Waals surface area contributed by atoms with Crippen LogP contribution in [0.1, 0.15) is 19.3 Å². The van der Waals surface area contributed by atoms with Crippen molar-refractivity contribution in [1.82, 2.24) is 31.9 Å². The summed E-state index contributed by atoms with van der Waals surface area (Å²) < 4.78 is 0. The number of hydrogen-bond acceptors (Lipinski definition) is 6. The van der Waals surface area contributed by atoms with Crippen LogP contribution in [0.2, 0.25) is 0 Å². The fourth-order valence-corrected chi connectivity index (χ4v) is 4.89. The molecule has 0 saturated carbocycles. The van der Waals surface area contributed by atoms with Crippen LogP contribution in [0.3, 0.4) is 0 Å². The first-order chi connectivity index (χ1) is 24.0. The highest BCUT2D eigenvalue weighted by Crippen LogP contribution is 2.26. The van der Waals surface area contributed by atoms with Crippen LogP contribution in [0.15, 0.2) is 121 Å². The normalized spacial score (nSPS) is 10.4. The van der Waals surface area contributed by atoms with Crippen molar-refractivity contribution in [3.05, 3.63) is 121 Å². The van der Waals surface area contributed by atoms with E-state index in [0.29, 0.717) is 48.7 Å². The number of nitrogens with zero attached hydrogens (tertiary/aromatic N) is 2. The molecule has 0 spiro atoms. The fraction of sp³-hybridized carbons (Fsp3) is 0.243. The summed E-state index contributed by atoms with van der Waals surface area (Å²) in [4.78, 5) is 53.6. The zero-order valence-corrected chi connectivity index (χ0v) is 27.4. The average Bonchev–Trinajstić information content (AvgIpc) is 3.12. The number of rotatable bonds is 16. The van der Waals surface area contributed by atoms with Crippen molar-refractivity contribution in [2.24, 2.45) is 0 Å². The number of para-hydroxylation sites is 4. The Kier molecular flexibility index (Phi) is 15.1. The number of carbonyl (C=O) groups excluding carboxylic acids is 4. The van der Waals surface area contributed by atoms with Crippen molar-refractivity contribution in [2.75, 3.05) is 49.1 Å². The zero-order chi connectivity index (χ0) is 34.5. The van der Waals surface area contributed by atoms with Crippen LogP contribution in [0.4, 0.5) is 41.9 Å². The number of amides is 8. The second kappa shape index (κ2) is 20.5. The van der Waals surface area contributed by atoms with E-state index in [9.17, 15) is 19.2 Å². The van der Waals surface area contributed by atoms with E-state index in [1.54, 1.807) is 0 Å². The third-order valence-electron chi connectivity index (χ3n) is 7.24. The van der Waals surface area contributed by atoms with Crippen LogP contribution in [0, 0.1) is 0 Å². The highest BCUT2D eigenvalue weighted by Gasteiger charge is 2.21. The molecule has 0 unspecified atom stereocenters. The van der Waals surface area contributed by atoms with E-state index in [2.05, 4.69) is 31.9 Å². The molecule has 0 aromatic heterocycles. The lowest BCUT2D eigenvalue weighted by molar-refractivity contribution is 0.229. The van der Waals surface area contributed by atoms with E-state index in [1.165, 1.54) is 9.80 Å². The molecular formula is C37H44N8O4. The molecule has 0 atom stereocenters. The van der Waals surface area contributed by atoms with Gasteiger partial charge in [-0.2, -0.15) is 0 Å². The van der Waals surface area contributed by atoms with Gasteiger partial charge in [0.15, 0.2) is 0 Å². The maximum atomic E-state index is 13.0. The lowest BCUT2D eigenvalue weighted by Crippen LogP contribution is -2.46. The Labute approximate surface area is 287 Å². The number of hydrogen-bond donors (Lipinski definition) is 6. The van der Waals surface area contributed by atoms with Gasteiger partial charge in [0.1, 0.15) is 0 Å². The first kappa shape index (κ1) is 36.1. The lowest BCUT2D eigenvalue weighted by atomic mass is 10.2. The Balaban J connectivity index is 1.01. The molecule has 8 amide bonds. The Hall–Kier alpha value is -5.72. The summed E-state index contributed by atoms with van der Waals surface area (Å²) in [7, 11) is 0. The molecule has 0 aliphatic carbocycles. The van der Waals surface area contributed by atoms with E-state index in [-0.39, 0.29) is 0 Å². The Morgan fingerprint density at radius 2 is 0.653 bits per heavy atom. The smallest absolute Gasteiger partial charge is 0.334 e. The molecule has 4 aromatic carbocycles. The summed E-state index contributed by atoms with van der Waals surface area (Å²) in [5.74, 6) is 0. The van der Waals surface area contributed by atoms with Crippen molar-refractivity contribution >= 4 is 46.9 Å². The van der Waals surface area contributed by atoms with Crippen molar-refractivity contribution < 1.29 is 19.2 Å². The topological polar surface area (TPSA) is 147 Å². The third-order valence-corrected chi connectivity index (χ3v) is 7.24. The molecule has 0 fully saturated rings. The van der Waals surface area contributed by atoms with Gasteiger partial charge < -0.3 is 21.3 Å². The average molecular weight is 665 g/mol. The quantitative estimate of drug-likeness (QED) is 0.0829. The predicted octanol–water partition coefficient (Wildman–Crippen LogP) is 5.85. The second-order valence-electron chi connectivity index (χ2n) is 10.9. The monoisotopic (exact) mass is 664 g/mol. The lowest BCUT2D eigenvalue weighted by Gasteiger charge is -2.23. The number of urea groups is 4. The summed E-state index contributed by atoms with van der Waals surface area (Å²) in [6, 6.07) is 34.4. The van der Waals surface area contributed by atoms with E-state index in [4.69, 9.17) is 0 Å². The van der Waals surface area contributed by atoms with Gasteiger partial charge in [0.05, 0.1) is 22.7 Å². The SMILES string of the molecule is O=C(NCCCNCCCNCCCNC(=O)NC(=O)N(c1ccccc1)c1ccccc1)NC(=O)N(c1ccccc1)c1ccccc1. The van der Waals surface area contributed by atoms with Crippen LogP contribution >= 0.6 is 0 Å². The molecule has 6 N–H and O–H groups in total. The minimum atomic E-state index is -0.550. The first-order valence-corrected chi connectivity index (χ1v) is 16.4.